The number of aromatic nitrogens is 6. The van der Waals surface area contributed by atoms with Crippen molar-refractivity contribution in [1.29, 1.82) is 0 Å². The van der Waals surface area contributed by atoms with Crippen LogP contribution in [0.1, 0.15) is 37.2 Å². The van der Waals surface area contributed by atoms with Gasteiger partial charge in [-0.1, -0.05) is 18.5 Å². The van der Waals surface area contributed by atoms with E-state index in [2.05, 4.69) is 25.5 Å². The van der Waals surface area contributed by atoms with E-state index in [0.717, 1.165) is 40.8 Å². The fourth-order valence-corrected chi connectivity index (χ4v) is 2.83. The lowest BCUT2D eigenvalue weighted by Gasteiger charge is -2.07. The molecule has 100 valence electrons. The summed E-state index contributed by atoms with van der Waals surface area (Å²) in [6, 6.07) is 0.445. The first-order valence-corrected chi connectivity index (χ1v) is 7.37. The Hall–Kier alpha value is -1.21. The third-order valence-corrected chi connectivity index (χ3v) is 4.36. The van der Waals surface area contributed by atoms with Gasteiger partial charge in [-0.05, 0) is 42.0 Å². The maximum Gasteiger partial charge on any atom is 0.215 e. The Kier molecular flexibility index (Phi) is 3.40. The van der Waals surface area contributed by atoms with E-state index in [4.69, 9.17) is 11.6 Å². The van der Waals surface area contributed by atoms with Crippen LogP contribution in [-0.4, -0.2) is 30.2 Å². The second-order valence-corrected chi connectivity index (χ2v) is 5.77. The molecule has 6 nitrogen and oxygen atoms in total. The highest BCUT2D eigenvalue weighted by Gasteiger charge is 2.28. The molecule has 2 aromatic heterocycles. The molecule has 8 heteroatoms. The van der Waals surface area contributed by atoms with Crippen LogP contribution >= 0.6 is 23.4 Å². The molecule has 19 heavy (non-hydrogen) atoms. The zero-order chi connectivity index (χ0) is 13.4. The minimum Gasteiger partial charge on any atom is -0.226 e. The SMILES string of the molecule is CCc1nc(Cl)c(C)c(Sc2nnnn2C2CC2)n1. The average molecular weight is 297 g/mol. The Labute approximate surface area is 120 Å². The Morgan fingerprint density at radius 3 is 2.84 bits per heavy atom. The minimum atomic E-state index is 0.445. The van der Waals surface area contributed by atoms with E-state index in [1.165, 1.54) is 11.8 Å². The van der Waals surface area contributed by atoms with Gasteiger partial charge >= 0.3 is 0 Å². The van der Waals surface area contributed by atoms with E-state index in [0.29, 0.717) is 11.2 Å². The van der Waals surface area contributed by atoms with Crippen molar-refractivity contribution in [2.45, 2.75) is 49.3 Å². The lowest BCUT2D eigenvalue weighted by atomic mass is 10.3. The molecular formula is C11H13ClN6S. The molecule has 1 aliphatic rings. The maximum atomic E-state index is 6.13. The third kappa shape index (κ3) is 2.57. The fourth-order valence-electron chi connectivity index (χ4n) is 1.66. The van der Waals surface area contributed by atoms with Gasteiger partial charge in [-0.2, -0.15) is 0 Å². The Morgan fingerprint density at radius 1 is 1.37 bits per heavy atom. The van der Waals surface area contributed by atoms with Gasteiger partial charge in [0, 0.05) is 12.0 Å². The van der Waals surface area contributed by atoms with Crippen LogP contribution in [0.4, 0.5) is 0 Å². The molecular weight excluding hydrogens is 284 g/mol. The molecule has 2 heterocycles. The molecule has 0 amide bonds. The summed E-state index contributed by atoms with van der Waals surface area (Å²) in [7, 11) is 0. The highest BCUT2D eigenvalue weighted by atomic mass is 35.5. The Morgan fingerprint density at radius 2 is 2.16 bits per heavy atom. The molecule has 1 fully saturated rings. The van der Waals surface area contributed by atoms with Crippen molar-refractivity contribution < 1.29 is 0 Å². The number of nitrogens with zero attached hydrogens (tertiary/aromatic N) is 6. The summed E-state index contributed by atoms with van der Waals surface area (Å²) in [5.74, 6) is 0.739. The molecule has 0 atom stereocenters. The molecule has 0 bridgehead atoms. The lowest BCUT2D eigenvalue weighted by molar-refractivity contribution is 0.565. The van der Waals surface area contributed by atoms with Gasteiger partial charge in [0.25, 0.3) is 0 Å². The molecule has 3 rings (SSSR count). The van der Waals surface area contributed by atoms with Gasteiger partial charge in [-0.25, -0.2) is 14.6 Å². The summed E-state index contributed by atoms with van der Waals surface area (Å²) < 4.78 is 1.87. The minimum absolute atomic E-state index is 0.445. The molecule has 0 aromatic carbocycles. The number of rotatable bonds is 4. The zero-order valence-corrected chi connectivity index (χ0v) is 12.2. The summed E-state index contributed by atoms with van der Waals surface area (Å²) in [5, 5.41) is 13.9. The summed E-state index contributed by atoms with van der Waals surface area (Å²) in [4.78, 5) is 8.74. The average Bonchev–Trinajstić information content (AvgIpc) is 3.15. The van der Waals surface area contributed by atoms with Crippen molar-refractivity contribution in [2.75, 3.05) is 0 Å². The highest BCUT2D eigenvalue weighted by Crippen LogP contribution is 2.38. The fraction of sp³-hybridized carbons (Fsp3) is 0.545. The van der Waals surface area contributed by atoms with E-state index in [-0.39, 0.29) is 0 Å². The van der Waals surface area contributed by atoms with Gasteiger partial charge in [-0.3, -0.25) is 0 Å². The van der Waals surface area contributed by atoms with E-state index >= 15 is 0 Å². The number of halogens is 1. The molecule has 0 saturated heterocycles. The van der Waals surface area contributed by atoms with E-state index < -0.39 is 0 Å². The number of aryl methyl sites for hydroxylation is 1. The van der Waals surface area contributed by atoms with Crippen molar-refractivity contribution in [3.63, 3.8) is 0 Å². The van der Waals surface area contributed by atoms with Crippen molar-refractivity contribution in [3.05, 3.63) is 16.5 Å². The predicted octanol–water partition coefficient (Wildman–Crippen LogP) is 2.47. The van der Waals surface area contributed by atoms with Gasteiger partial charge in [0.15, 0.2) is 0 Å². The van der Waals surface area contributed by atoms with Crippen LogP contribution in [0.5, 0.6) is 0 Å². The topological polar surface area (TPSA) is 69.4 Å². The smallest absolute Gasteiger partial charge is 0.215 e. The molecule has 0 aliphatic heterocycles. The third-order valence-electron chi connectivity index (χ3n) is 2.95. The standard InChI is InChI=1S/C11H13ClN6S/c1-3-8-13-9(12)6(2)10(14-8)19-11-15-16-17-18(11)7-4-5-7/h7H,3-5H2,1-2H3. The van der Waals surface area contributed by atoms with Crippen LogP contribution in [-0.2, 0) is 6.42 Å². The van der Waals surface area contributed by atoms with Crippen LogP contribution in [0.15, 0.2) is 10.2 Å². The second kappa shape index (κ2) is 5.05. The first-order valence-electron chi connectivity index (χ1n) is 6.17. The van der Waals surface area contributed by atoms with Crippen LogP contribution in [0.3, 0.4) is 0 Å². The molecule has 0 radical (unpaired) electrons. The quantitative estimate of drug-likeness (QED) is 0.807. The largest absolute Gasteiger partial charge is 0.226 e. The molecule has 0 unspecified atom stereocenters. The van der Waals surface area contributed by atoms with E-state index in [9.17, 15) is 0 Å². The summed E-state index contributed by atoms with van der Waals surface area (Å²) in [5.41, 5.74) is 0.870. The molecule has 1 aliphatic carbocycles. The zero-order valence-electron chi connectivity index (χ0n) is 10.7. The van der Waals surface area contributed by atoms with E-state index in [1.54, 1.807) is 0 Å². The van der Waals surface area contributed by atoms with Crippen LogP contribution < -0.4 is 0 Å². The monoisotopic (exact) mass is 296 g/mol. The normalized spacial score (nSPS) is 14.9. The lowest BCUT2D eigenvalue weighted by Crippen LogP contribution is -2.02. The van der Waals surface area contributed by atoms with Crippen molar-refractivity contribution in [2.24, 2.45) is 0 Å². The van der Waals surface area contributed by atoms with E-state index in [1.807, 2.05) is 18.5 Å². The molecule has 1 saturated carbocycles. The maximum absolute atomic E-state index is 6.13. The van der Waals surface area contributed by atoms with Crippen molar-refractivity contribution in [3.8, 4) is 0 Å². The Bertz CT molecular complexity index is 609. The molecule has 2 aromatic rings. The molecule has 0 spiro atoms. The first kappa shape index (κ1) is 12.8. The van der Waals surface area contributed by atoms with Crippen LogP contribution in [0, 0.1) is 6.92 Å². The van der Waals surface area contributed by atoms with Crippen LogP contribution in [0.2, 0.25) is 5.15 Å². The van der Waals surface area contributed by atoms with Crippen molar-refractivity contribution in [1.82, 2.24) is 30.2 Å². The number of tetrazole rings is 1. The summed E-state index contributed by atoms with van der Waals surface area (Å²) in [6.07, 6.45) is 3.03. The van der Waals surface area contributed by atoms with Crippen LogP contribution in [0.25, 0.3) is 0 Å². The number of hydrogen-bond donors (Lipinski definition) is 0. The van der Waals surface area contributed by atoms with Gasteiger partial charge < -0.3 is 0 Å². The van der Waals surface area contributed by atoms with Gasteiger partial charge in [0.1, 0.15) is 16.0 Å². The first-order chi connectivity index (χ1) is 9.19. The van der Waals surface area contributed by atoms with Gasteiger partial charge in [-0.15, -0.1) is 5.10 Å². The van der Waals surface area contributed by atoms with Gasteiger partial charge in [0.2, 0.25) is 5.16 Å². The highest BCUT2D eigenvalue weighted by molar-refractivity contribution is 7.99. The predicted molar refractivity (Wildman–Crippen MR) is 71.4 cm³/mol. The molecule has 0 N–H and O–H groups in total. The van der Waals surface area contributed by atoms with Gasteiger partial charge in [0.05, 0.1) is 6.04 Å². The Balaban J connectivity index is 1.93. The summed E-state index contributed by atoms with van der Waals surface area (Å²) in [6.45, 7) is 3.92. The van der Waals surface area contributed by atoms with Crippen molar-refractivity contribution >= 4 is 23.4 Å². The second-order valence-electron chi connectivity index (χ2n) is 4.45. The summed E-state index contributed by atoms with van der Waals surface area (Å²) >= 11 is 7.58. The number of hydrogen-bond acceptors (Lipinski definition) is 6.